The minimum absolute atomic E-state index is 0.292. The van der Waals surface area contributed by atoms with E-state index in [1.165, 1.54) is 23.7 Å². The van der Waals surface area contributed by atoms with Gasteiger partial charge >= 0.3 is 5.97 Å². The number of hydrogen-bond donors (Lipinski definition) is 2. The SMILES string of the molecule is Nc1ncnc2cc(CN3CC[C@H](N(CC(=O)O)C(=O)C=Cc4ccc(Cl)s4)C3=O)ccc12. The van der Waals surface area contributed by atoms with Crippen LogP contribution in [0.3, 0.4) is 0 Å². The third kappa shape index (κ3) is 5.12. The van der Waals surface area contributed by atoms with Crippen molar-refractivity contribution in [3.05, 3.63) is 57.5 Å². The van der Waals surface area contributed by atoms with E-state index in [-0.39, 0.29) is 5.91 Å². The minimum Gasteiger partial charge on any atom is -0.480 e. The number of benzene rings is 1. The average Bonchev–Trinajstić information content (AvgIpc) is 3.36. The lowest BCUT2D eigenvalue weighted by molar-refractivity contribution is -0.147. The Morgan fingerprint density at radius 2 is 2.12 bits per heavy atom. The zero-order valence-corrected chi connectivity index (χ0v) is 18.9. The van der Waals surface area contributed by atoms with E-state index >= 15 is 0 Å². The predicted molar refractivity (Wildman–Crippen MR) is 125 cm³/mol. The summed E-state index contributed by atoms with van der Waals surface area (Å²) in [4.78, 5) is 48.9. The number of carbonyl (C=O) groups excluding carboxylic acids is 2. The summed E-state index contributed by atoms with van der Waals surface area (Å²) in [6.07, 6.45) is 4.56. The zero-order chi connectivity index (χ0) is 23.5. The fourth-order valence-corrected chi connectivity index (χ4v) is 4.73. The second kappa shape index (κ2) is 9.55. The van der Waals surface area contributed by atoms with E-state index in [1.54, 1.807) is 29.2 Å². The lowest BCUT2D eigenvalue weighted by atomic mass is 10.1. The first-order chi connectivity index (χ1) is 15.8. The molecular formula is C22H20ClN5O4S. The topological polar surface area (TPSA) is 130 Å². The fraction of sp³-hybridized carbons (Fsp3) is 0.227. The first-order valence-electron chi connectivity index (χ1n) is 10.1. The van der Waals surface area contributed by atoms with Crippen LogP contribution in [0, 0.1) is 0 Å². The maximum absolute atomic E-state index is 13.1. The molecule has 3 aromatic rings. The Morgan fingerprint density at radius 3 is 2.85 bits per heavy atom. The van der Waals surface area contributed by atoms with Gasteiger partial charge in [-0.3, -0.25) is 14.4 Å². The van der Waals surface area contributed by atoms with Crippen LogP contribution in [-0.4, -0.2) is 61.8 Å². The van der Waals surface area contributed by atoms with Crippen LogP contribution in [-0.2, 0) is 20.9 Å². The summed E-state index contributed by atoms with van der Waals surface area (Å²) in [6, 6.07) is 8.10. The number of aromatic nitrogens is 2. The lowest BCUT2D eigenvalue weighted by Crippen LogP contribution is -2.46. The molecular weight excluding hydrogens is 466 g/mol. The molecule has 2 aromatic heterocycles. The normalized spacial score (nSPS) is 16.1. The van der Waals surface area contributed by atoms with Crippen molar-refractivity contribution < 1.29 is 19.5 Å². The van der Waals surface area contributed by atoms with Gasteiger partial charge < -0.3 is 20.6 Å². The molecule has 3 N–H and O–H groups in total. The first-order valence-corrected chi connectivity index (χ1v) is 11.2. The monoisotopic (exact) mass is 485 g/mol. The Kier molecular flexibility index (Phi) is 6.57. The fourth-order valence-electron chi connectivity index (χ4n) is 3.77. The molecule has 1 aromatic carbocycles. The highest BCUT2D eigenvalue weighted by Gasteiger charge is 2.38. The highest BCUT2D eigenvalue weighted by Crippen LogP contribution is 2.25. The number of nitrogens with two attached hydrogens (primary N) is 1. The summed E-state index contributed by atoms with van der Waals surface area (Å²) < 4.78 is 0.578. The lowest BCUT2D eigenvalue weighted by Gasteiger charge is -2.25. The Labute approximate surface area is 198 Å². The molecule has 0 saturated carbocycles. The summed E-state index contributed by atoms with van der Waals surface area (Å²) >= 11 is 7.19. The number of carboxylic acids is 1. The van der Waals surface area contributed by atoms with Crippen molar-refractivity contribution in [3.63, 3.8) is 0 Å². The van der Waals surface area contributed by atoms with E-state index in [0.29, 0.717) is 35.2 Å². The van der Waals surface area contributed by atoms with Crippen LogP contribution in [0.5, 0.6) is 0 Å². The number of aliphatic carboxylic acids is 1. The summed E-state index contributed by atoms with van der Waals surface area (Å²) in [7, 11) is 0. The molecule has 2 amide bonds. The second-order valence-corrected chi connectivity index (χ2v) is 9.26. The van der Waals surface area contributed by atoms with E-state index in [0.717, 1.165) is 20.7 Å². The Balaban J connectivity index is 1.49. The summed E-state index contributed by atoms with van der Waals surface area (Å²) in [6.45, 7) is 0.152. The molecule has 170 valence electrons. The van der Waals surface area contributed by atoms with Gasteiger partial charge in [-0.15, -0.1) is 11.3 Å². The number of hydrogen-bond acceptors (Lipinski definition) is 7. The van der Waals surface area contributed by atoms with Crippen LogP contribution in [0.15, 0.2) is 42.7 Å². The highest BCUT2D eigenvalue weighted by atomic mass is 35.5. The number of fused-ring (bicyclic) bond motifs is 1. The number of nitrogens with zero attached hydrogens (tertiary/aromatic N) is 4. The van der Waals surface area contributed by atoms with Crippen LogP contribution in [0.2, 0.25) is 4.34 Å². The van der Waals surface area contributed by atoms with Gasteiger partial charge in [-0.1, -0.05) is 17.7 Å². The molecule has 1 aliphatic rings. The molecule has 1 saturated heterocycles. The van der Waals surface area contributed by atoms with Crippen LogP contribution >= 0.6 is 22.9 Å². The van der Waals surface area contributed by atoms with Crippen molar-refractivity contribution in [1.82, 2.24) is 19.8 Å². The Morgan fingerprint density at radius 1 is 1.30 bits per heavy atom. The standard InChI is InChI=1S/C22H20ClN5O4S/c23-18-5-2-14(33-18)3-6-19(29)28(11-20(30)31)17-7-8-27(22(17)32)10-13-1-4-15-16(9-13)25-12-26-21(15)24/h1-6,9,12,17H,7-8,10-11H2,(H,30,31)(H2,24,25,26)/t17-/m0/s1. The second-order valence-electron chi connectivity index (χ2n) is 7.51. The predicted octanol–water partition coefficient (Wildman–Crippen LogP) is 2.65. The number of carbonyl (C=O) groups is 3. The number of likely N-dealkylation sites (tertiary alicyclic amines) is 1. The van der Waals surface area contributed by atoms with Crippen molar-refractivity contribution >= 4 is 63.5 Å². The van der Waals surface area contributed by atoms with Crippen molar-refractivity contribution in [2.75, 3.05) is 18.8 Å². The molecule has 0 unspecified atom stereocenters. The molecule has 4 rings (SSSR count). The van der Waals surface area contributed by atoms with E-state index < -0.39 is 24.5 Å². The smallest absolute Gasteiger partial charge is 0.323 e. The van der Waals surface area contributed by atoms with Gasteiger partial charge in [-0.25, -0.2) is 9.97 Å². The molecule has 0 spiro atoms. The molecule has 1 aliphatic heterocycles. The third-order valence-corrected chi connectivity index (χ3v) is 6.52. The van der Waals surface area contributed by atoms with Gasteiger partial charge in [0.05, 0.1) is 9.85 Å². The molecule has 0 bridgehead atoms. The van der Waals surface area contributed by atoms with Gasteiger partial charge in [0.1, 0.15) is 24.7 Å². The van der Waals surface area contributed by atoms with Gasteiger partial charge in [0, 0.05) is 29.4 Å². The molecule has 0 radical (unpaired) electrons. The number of thiophene rings is 1. The largest absolute Gasteiger partial charge is 0.480 e. The zero-order valence-electron chi connectivity index (χ0n) is 17.3. The van der Waals surface area contributed by atoms with Gasteiger partial charge in [0.25, 0.3) is 0 Å². The quantitative estimate of drug-likeness (QED) is 0.492. The van der Waals surface area contributed by atoms with Gasteiger partial charge in [0.15, 0.2) is 0 Å². The van der Waals surface area contributed by atoms with Crippen LogP contribution < -0.4 is 5.73 Å². The maximum Gasteiger partial charge on any atom is 0.323 e. The molecule has 1 fully saturated rings. The number of rotatable bonds is 7. The molecule has 11 heteroatoms. The average molecular weight is 486 g/mol. The Hall–Kier alpha value is -3.50. The van der Waals surface area contributed by atoms with Gasteiger partial charge in [-0.2, -0.15) is 0 Å². The van der Waals surface area contributed by atoms with Gasteiger partial charge in [0.2, 0.25) is 11.8 Å². The number of halogens is 1. The Bertz CT molecular complexity index is 1260. The summed E-state index contributed by atoms with van der Waals surface area (Å²) in [5.41, 5.74) is 7.38. The van der Waals surface area contributed by atoms with E-state index in [9.17, 15) is 19.5 Å². The molecule has 33 heavy (non-hydrogen) atoms. The van der Waals surface area contributed by atoms with E-state index in [4.69, 9.17) is 17.3 Å². The molecule has 3 heterocycles. The highest BCUT2D eigenvalue weighted by molar-refractivity contribution is 7.17. The number of amides is 2. The van der Waals surface area contributed by atoms with Crippen molar-refractivity contribution in [3.8, 4) is 0 Å². The number of anilines is 1. The summed E-state index contributed by atoms with van der Waals surface area (Å²) in [5, 5.41) is 10.0. The first kappa shape index (κ1) is 22.7. The van der Waals surface area contributed by atoms with Gasteiger partial charge in [-0.05, 0) is 42.3 Å². The molecule has 1 atom stereocenters. The number of carboxylic acid groups (broad SMARTS) is 1. The van der Waals surface area contributed by atoms with Crippen molar-refractivity contribution in [2.24, 2.45) is 0 Å². The van der Waals surface area contributed by atoms with E-state index in [2.05, 4.69) is 9.97 Å². The van der Waals surface area contributed by atoms with Crippen LogP contribution in [0.25, 0.3) is 17.0 Å². The number of nitrogen functional groups attached to an aromatic ring is 1. The minimum atomic E-state index is -1.19. The van der Waals surface area contributed by atoms with Crippen molar-refractivity contribution in [1.29, 1.82) is 0 Å². The van der Waals surface area contributed by atoms with E-state index in [1.807, 2.05) is 12.1 Å². The van der Waals surface area contributed by atoms with Crippen LogP contribution in [0.4, 0.5) is 5.82 Å². The molecule has 0 aliphatic carbocycles. The van der Waals surface area contributed by atoms with Crippen LogP contribution in [0.1, 0.15) is 16.9 Å². The maximum atomic E-state index is 13.1. The summed E-state index contributed by atoms with van der Waals surface area (Å²) in [5.74, 6) is -1.64. The van der Waals surface area contributed by atoms with Crippen molar-refractivity contribution in [2.45, 2.75) is 19.0 Å². The third-order valence-electron chi connectivity index (χ3n) is 5.32. The molecule has 9 nitrogen and oxygen atoms in total.